The van der Waals surface area contributed by atoms with Gasteiger partial charge in [-0.05, 0) is 44.4 Å². The second-order valence-electron chi connectivity index (χ2n) is 6.95. The van der Waals surface area contributed by atoms with E-state index in [-0.39, 0.29) is 11.9 Å². The molecule has 24 heavy (non-hydrogen) atoms. The maximum atomic E-state index is 12.2. The van der Waals surface area contributed by atoms with Crippen molar-refractivity contribution < 1.29 is 9.21 Å². The number of rotatable bonds is 4. The fourth-order valence-electron chi connectivity index (χ4n) is 3.18. The van der Waals surface area contributed by atoms with Crippen LogP contribution in [0.25, 0.3) is 11.1 Å². The second-order valence-corrected chi connectivity index (χ2v) is 6.95. The van der Waals surface area contributed by atoms with E-state index in [0.717, 1.165) is 50.1 Å². The van der Waals surface area contributed by atoms with Gasteiger partial charge in [0.1, 0.15) is 5.52 Å². The summed E-state index contributed by atoms with van der Waals surface area (Å²) in [4.78, 5) is 21.2. The van der Waals surface area contributed by atoms with Crippen molar-refractivity contribution in [1.29, 1.82) is 0 Å². The van der Waals surface area contributed by atoms with Gasteiger partial charge in [-0.3, -0.25) is 9.69 Å². The number of nitrogens with zero attached hydrogens (tertiary/aromatic N) is 3. The molecular weight excluding hydrogens is 304 g/mol. The van der Waals surface area contributed by atoms with Gasteiger partial charge in [0.15, 0.2) is 5.58 Å². The number of fused-ring (bicyclic) bond motifs is 1. The lowest BCUT2D eigenvalue weighted by atomic mass is 10.2. The average molecular weight is 328 g/mol. The molecule has 0 bridgehead atoms. The van der Waals surface area contributed by atoms with Crippen LogP contribution in [-0.4, -0.2) is 54.1 Å². The van der Waals surface area contributed by atoms with Crippen molar-refractivity contribution >= 4 is 23.0 Å². The second kappa shape index (κ2) is 6.09. The van der Waals surface area contributed by atoms with Crippen LogP contribution in [0.1, 0.15) is 25.3 Å². The van der Waals surface area contributed by atoms with Crippen LogP contribution in [0.4, 0.5) is 6.01 Å². The number of nitrogens with one attached hydrogen (secondary N) is 1. The normalized spacial score (nSPS) is 20.3. The Bertz CT molecular complexity index is 745. The number of hydrogen-bond acceptors (Lipinski definition) is 5. The lowest BCUT2D eigenvalue weighted by molar-refractivity contribution is -0.126. The quantitative estimate of drug-likeness (QED) is 0.929. The molecule has 1 aromatic heterocycles. The van der Waals surface area contributed by atoms with Gasteiger partial charge in [-0.2, -0.15) is 4.98 Å². The summed E-state index contributed by atoms with van der Waals surface area (Å²) >= 11 is 0. The van der Waals surface area contributed by atoms with Crippen molar-refractivity contribution in [3.63, 3.8) is 0 Å². The molecule has 1 atom stereocenters. The van der Waals surface area contributed by atoms with E-state index in [1.54, 1.807) is 0 Å². The summed E-state index contributed by atoms with van der Waals surface area (Å²) in [5, 5.41) is 3.09. The molecule has 6 heteroatoms. The first-order valence-electron chi connectivity index (χ1n) is 8.77. The number of anilines is 1. The zero-order valence-corrected chi connectivity index (χ0v) is 14.3. The lowest BCUT2D eigenvalue weighted by Crippen LogP contribution is -2.54. The highest BCUT2D eigenvalue weighted by atomic mass is 16.4. The van der Waals surface area contributed by atoms with Gasteiger partial charge in [0, 0.05) is 32.2 Å². The first kappa shape index (κ1) is 15.4. The summed E-state index contributed by atoms with van der Waals surface area (Å²) in [6.45, 7) is 7.39. The Morgan fingerprint density at radius 3 is 2.75 bits per heavy atom. The molecule has 2 aliphatic rings. The average Bonchev–Trinajstić information content (AvgIpc) is 3.30. The molecule has 1 saturated heterocycles. The number of aromatic nitrogens is 1. The van der Waals surface area contributed by atoms with Crippen LogP contribution >= 0.6 is 0 Å². The number of hydrogen-bond donors (Lipinski definition) is 1. The van der Waals surface area contributed by atoms with Gasteiger partial charge >= 0.3 is 0 Å². The number of benzene rings is 1. The standard InChI is InChI=1S/C18H24N4O2/c1-12-3-6-16-15(11-12)20-18(24-16)22-9-7-21(8-10-22)13(2)17(23)19-14-4-5-14/h3,6,11,13-14H,4-5,7-10H2,1-2H3,(H,19,23)/t13-/m0/s1. The minimum atomic E-state index is -0.0703. The molecule has 1 saturated carbocycles. The van der Waals surface area contributed by atoms with E-state index in [9.17, 15) is 4.79 Å². The number of oxazole rings is 1. The molecule has 0 radical (unpaired) electrons. The van der Waals surface area contributed by atoms with Crippen molar-refractivity contribution in [3.8, 4) is 0 Å². The number of carbonyl (C=O) groups is 1. The smallest absolute Gasteiger partial charge is 0.298 e. The van der Waals surface area contributed by atoms with Crippen molar-refractivity contribution in [2.45, 2.75) is 38.8 Å². The topological polar surface area (TPSA) is 61.6 Å². The molecule has 1 amide bonds. The van der Waals surface area contributed by atoms with Crippen LogP contribution in [0.5, 0.6) is 0 Å². The molecule has 4 rings (SSSR count). The van der Waals surface area contributed by atoms with Crippen molar-refractivity contribution in [2.24, 2.45) is 0 Å². The largest absolute Gasteiger partial charge is 0.423 e. The highest BCUT2D eigenvalue weighted by molar-refractivity contribution is 5.82. The van der Waals surface area contributed by atoms with Crippen LogP contribution < -0.4 is 10.2 Å². The fourth-order valence-corrected chi connectivity index (χ4v) is 3.18. The Hall–Kier alpha value is -2.08. The van der Waals surface area contributed by atoms with Crippen LogP contribution in [0, 0.1) is 6.92 Å². The Kier molecular flexibility index (Phi) is 3.92. The van der Waals surface area contributed by atoms with Gasteiger partial charge in [-0.1, -0.05) is 6.07 Å². The highest BCUT2D eigenvalue weighted by Crippen LogP contribution is 2.24. The minimum Gasteiger partial charge on any atom is -0.423 e. The predicted molar refractivity (Wildman–Crippen MR) is 93.2 cm³/mol. The summed E-state index contributed by atoms with van der Waals surface area (Å²) in [6.07, 6.45) is 2.26. The number of amides is 1. The third-order valence-electron chi connectivity index (χ3n) is 4.97. The number of aryl methyl sites for hydroxylation is 1. The zero-order valence-electron chi connectivity index (χ0n) is 14.3. The summed E-state index contributed by atoms with van der Waals surface area (Å²) in [7, 11) is 0. The van der Waals surface area contributed by atoms with Crippen molar-refractivity contribution in [2.75, 3.05) is 31.1 Å². The fraction of sp³-hybridized carbons (Fsp3) is 0.556. The Morgan fingerprint density at radius 1 is 1.29 bits per heavy atom. The maximum Gasteiger partial charge on any atom is 0.298 e. The maximum absolute atomic E-state index is 12.2. The van der Waals surface area contributed by atoms with Gasteiger partial charge in [-0.25, -0.2) is 0 Å². The monoisotopic (exact) mass is 328 g/mol. The molecule has 6 nitrogen and oxygen atoms in total. The van der Waals surface area contributed by atoms with Crippen LogP contribution in [0.15, 0.2) is 22.6 Å². The predicted octanol–water partition coefficient (Wildman–Crippen LogP) is 1.93. The molecule has 1 aliphatic heterocycles. The summed E-state index contributed by atoms with van der Waals surface area (Å²) in [6, 6.07) is 7.09. The number of carbonyl (C=O) groups excluding carboxylic acids is 1. The van der Waals surface area contributed by atoms with E-state index in [2.05, 4.69) is 27.0 Å². The molecule has 128 valence electrons. The van der Waals surface area contributed by atoms with E-state index < -0.39 is 0 Å². The summed E-state index contributed by atoms with van der Waals surface area (Å²) < 4.78 is 5.88. The van der Waals surface area contributed by atoms with E-state index in [4.69, 9.17) is 4.42 Å². The van der Waals surface area contributed by atoms with E-state index in [1.165, 1.54) is 5.56 Å². The van der Waals surface area contributed by atoms with Crippen LogP contribution in [0.3, 0.4) is 0 Å². The van der Waals surface area contributed by atoms with Gasteiger partial charge in [-0.15, -0.1) is 0 Å². The summed E-state index contributed by atoms with van der Waals surface area (Å²) in [5.74, 6) is 0.156. The van der Waals surface area contributed by atoms with Gasteiger partial charge in [0.05, 0.1) is 6.04 Å². The Morgan fingerprint density at radius 2 is 2.04 bits per heavy atom. The third-order valence-corrected chi connectivity index (χ3v) is 4.97. The van der Waals surface area contributed by atoms with E-state index in [0.29, 0.717) is 12.1 Å². The van der Waals surface area contributed by atoms with Crippen molar-refractivity contribution in [3.05, 3.63) is 23.8 Å². The van der Waals surface area contributed by atoms with Crippen LogP contribution in [0.2, 0.25) is 0 Å². The molecular formula is C18H24N4O2. The van der Waals surface area contributed by atoms with Gasteiger partial charge in [0.25, 0.3) is 6.01 Å². The van der Waals surface area contributed by atoms with Gasteiger partial charge < -0.3 is 14.6 Å². The summed E-state index contributed by atoms with van der Waals surface area (Å²) in [5.41, 5.74) is 2.92. The molecule has 2 heterocycles. The van der Waals surface area contributed by atoms with E-state index in [1.807, 2.05) is 25.1 Å². The van der Waals surface area contributed by atoms with Gasteiger partial charge in [0.2, 0.25) is 5.91 Å². The highest BCUT2D eigenvalue weighted by Gasteiger charge is 2.30. The number of piperazine rings is 1. The molecule has 1 N–H and O–H groups in total. The van der Waals surface area contributed by atoms with E-state index >= 15 is 0 Å². The SMILES string of the molecule is Cc1ccc2oc(N3CCN([C@@H](C)C(=O)NC4CC4)CC3)nc2c1. The molecule has 0 spiro atoms. The molecule has 1 aliphatic carbocycles. The first-order valence-corrected chi connectivity index (χ1v) is 8.77. The Balaban J connectivity index is 1.38. The Labute approximate surface area is 141 Å². The third kappa shape index (κ3) is 3.11. The zero-order chi connectivity index (χ0) is 16.7. The first-order chi connectivity index (χ1) is 11.6. The van der Waals surface area contributed by atoms with Crippen molar-refractivity contribution in [1.82, 2.24) is 15.2 Å². The van der Waals surface area contributed by atoms with Crippen LogP contribution in [-0.2, 0) is 4.79 Å². The lowest BCUT2D eigenvalue weighted by Gasteiger charge is -2.36. The molecule has 2 aromatic rings. The molecule has 2 fully saturated rings. The minimum absolute atomic E-state index is 0.0703. The molecule has 1 aromatic carbocycles. The molecule has 0 unspecified atom stereocenters.